The van der Waals surface area contributed by atoms with Crippen LogP contribution in [-0.4, -0.2) is 17.0 Å². The Labute approximate surface area is 153 Å². The average molecular weight is 365 g/mol. The minimum Gasteiger partial charge on any atom is -0.312 e. The molecular weight excluding hydrogens is 344 g/mol. The van der Waals surface area contributed by atoms with Crippen molar-refractivity contribution in [1.82, 2.24) is 0 Å². The molecule has 2 rings (SSSR count). The third-order valence-electron chi connectivity index (χ3n) is 3.17. The van der Waals surface area contributed by atoms with E-state index < -0.39 is 5.54 Å². The van der Waals surface area contributed by atoms with Gasteiger partial charge in [-0.15, -0.1) is 12.4 Å². The highest BCUT2D eigenvalue weighted by atomic mass is 35.5. The summed E-state index contributed by atoms with van der Waals surface area (Å²) < 4.78 is 0. The number of benzene rings is 2. The zero-order valence-corrected chi connectivity index (χ0v) is 15.3. The molecule has 0 atom stereocenters. The third-order valence-corrected chi connectivity index (χ3v) is 5.68. The summed E-state index contributed by atoms with van der Waals surface area (Å²) >= 11 is 3.45. The first-order valence-electron chi connectivity index (χ1n) is 7.15. The van der Waals surface area contributed by atoms with E-state index in [1.165, 1.54) is 11.1 Å². The molecule has 2 nitrogen and oxygen atoms in total. The molecule has 0 unspecified atom stereocenters. The Kier molecular flexibility index (Phi) is 9.20. The summed E-state index contributed by atoms with van der Waals surface area (Å²) in [5.74, 6) is 3.09. The minimum absolute atomic E-state index is 0. The Morgan fingerprint density at radius 3 is 1.57 bits per heavy atom. The Bertz CT molecular complexity index is 554. The molecule has 0 bridgehead atoms. The molecule has 0 aliphatic carbocycles. The van der Waals surface area contributed by atoms with E-state index >= 15 is 0 Å². The quantitative estimate of drug-likeness (QED) is 0.749. The van der Waals surface area contributed by atoms with Gasteiger partial charge < -0.3 is 5.73 Å². The lowest BCUT2D eigenvalue weighted by Gasteiger charge is -2.20. The summed E-state index contributed by atoms with van der Waals surface area (Å²) in [5, 5.41) is 9.38. The molecule has 0 spiro atoms. The maximum absolute atomic E-state index is 9.38. The molecule has 2 aromatic carbocycles. The van der Waals surface area contributed by atoms with Gasteiger partial charge in [0.05, 0.1) is 6.07 Å². The Morgan fingerprint density at radius 1 is 0.826 bits per heavy atom. The van der Waals surface area contributed by atoms with Gasteiger partial charge in [-0.05, 0) is 11.1 Å². The monoisotopic (exact) mass is 364 g/mol. The summed E-state index contributed by atoms with van der Waals surface area (Å²) in [5.41, 5.74) is 7.99. The second-order valence-electron chi connectivity index (χ2n) is 5.22. The van der Waals surface area contributed by atoms with Crippen LogP contribution in [0.1, 0.15) is 11.1 Å². The van der Waals surface area contributed by atoms with Gasteiger partial charge in [0.25, 0.3) is 0 Å². The molecule has 0 heterocycles. The molecule has 0 amide bonds. The van der Waals surface area contributed by atoms with E-state index in [1.54, 1.807) is 23.5 Å². The van der Waals surface area contributed by atoms with Gasteiger partial charge in [0.15, 0.2) is 0 Å². The van der Waals surface area contributed by atoms with Crippen molar-refractivity contribution in [2.24, 2.45) is 5.73 Å². The zero-order valence-electron chi connectivity index (χ0n) is 12.9. The van der Waals surface area contributed by atoms with E-state index in [1.807, 2.05) is 36.4 Å². The van der Waals surface area contributed by atoms with Crippen LogP contribution in [-0.2, 0) is 11.5 Å². The standard InChI is InChI=1S/C18H20N2S2.ClH/c19-13-18(20,14-21-11-16-7-3-1-4-8-16)15-22-12-17-9-5-2-6-10-17;/h1-10H,11-12,14-15,20H2;1H. The van der Waals surface area contributed by atoms with Crippen molar-refractivity contribution in [3.63, 3.8) is 0 Å². The molecule has 122 valence electrons. The van der Waals surface area contributed by atoms with Crippen LogP contribution in [0, 0.1) is 11.3 Å². The van der Waals surface area contributed by atoms with E-state index in [4.69, 9.17) is 5.73 Å². The highest BCUT2D eigenvalue weighted by molar-refractivity contribution is 7.99. The summed E-state index contributed by atoms with van der Waals surface area (Å²) in [6.07, 6.45) is 0. The fourth-order valence-electron chi connectivity index (χ4n) is 1.96. The number of rotatable bonds is 8. The molecule has 0 fully saturated rings. The maximum Gasteiger partial charge on any atom is 0.122 e. The van der Waals surface area contributed by atoms with Gasteiger partial charge in [-0.3, -0.25) is 0 Å². The van der Waals surface area contributed by atoms with Crippen molar-refractivity contribution in [1.29, 1.82) is 5.26 Å². The van der Waals surface area contributed by atoms with Crippen LogP contribution in [0.5, 0.6) is 0 Å². The van der Waals surface area contributed by atoms with Crippen molar-refractivity contribution in [2.75, 3.05) is 11.5 Å². The van der Waals surface area contributed by atoms with Crippen LogP contribution in [0.3, 0.4) is 0 Å². The van der Waals surface area contributed by atoms with Gasteiger partial charge in [-0.1, -0.05) is 60.7 Å². The number of thioether (sulfide) groups is 2. The minimum atomic E-state index is -0.765. The van der Waals surface area contributed by atoms with Gasteiger partial charge in [0.1, 0.15) is 5.54 Å². The van der Waals surface area contributed by atoms with Crippen LogP contribution < -0.4 is 5.73 Å². The number of nitriles is 1. The van der Waals surface area contributed by atoms with E-state index in [0.29, 0.717) is 11.5 Å². The second kappa shape index (κ2) is 10.6. The zero-order chi connectivity index (χ0) is 15.7. The average Bonchev–Trinajstić information content (AvgIpc) is 2.57. The molecule has 0 saturated carbocycles. The van der Waals surface area contributed by atoms with E-state index in [9.17, 15) is 5.26 Å². The van der Waals surface area contributed by atoms with Crippen LogP contribution in [0.15, 0.2) is 60.7 Å². The lowest BCUT2D eigenvalue weighted by molar-refractivity contribution is 0.694. The number of nitrogens with two attached hydrogens (primary N) is 1. The smallest absolute Gasteiger partial charge is 0.122 e. The SMILES string of the molecule is Cl.N#CC(N)(CSCc1ccccc1)CSCc1ccccc1. The van der Waals surface area contributed by atoms with Crippen molar-refractivity contribution in [3.8, 4) is 6.07 Å². The molecule has 5 heteroatoms. The fourth-order valence-corrected chi connectivity index (χ4v) is 4.21. The molecule has 2 aromatic rings. The van der Waals surface area contributed by atoms with E-state index in [-0.39, 0.29) is 12.4 Å². The second-order valence-corrected chi connectivity index (χ2v) is 7.20. The highest BCUT2D eigenvalue weighted by Gasteiger charge is 2.24. The summed E-state index contributed by atoms with van der Waals surface area (Å²) in [4.78, 5) is 0. The molecule has 0 aliphatic rings. The van der Waals surface area contributed by atoms with Gasteiger partial charge in [0, 0.05) is 23.0 Å². The fraction of sp³-hybridized carbons (Fsp3) is 0.278. The predicted molar refractivity (Wildman–Crippen MR) is 105 cm³/mol. The lowest BCUT2D eigenvalue weighted by atomic mass is 10.1. The van der Waals surface area contributed by atoms with Crippen LogP contribution in [0.4, 0.5) is 0 Å². The van der Waals surface area contributed by atoms with Crippen molar-refractivity contribution in [2.45, 2.75) is 17.0 Å². The van der Waals surface area contributed by atoms with Crippen LogP contribution in [0.25, 0.3) is 0 Å². The van der Waals surface area contributed by atoms with Crippen LogP contribution in [0.2, 0.25) is 0 Å². The maximum atomic E-state index is 9.38. The van der Waals surface area contributed by atoms with Gasteiger partial charge >= 0.3 is 0 Å². The molecule has 0 aliphatic heterocycles. The van der Waals surface area contributed by atoms with Gasteiger partial charge in [-0.25, -0.2) is 0 Å². The first kappa shape index (κ1) is 19.9. The highest BCUT2D eigenvalue weighted by Crippen LogP contribution is 2.22. The number of halogens is 1. The Balaban J connectivity index is 0.00000264. The molecule has 0 saturated heterocycles. The number of hydrogen-bond acceptors (Lipinski definition) is 4. The predicted octanol–water partition coefficient (Wildman–Crippen LogP) is 4.50. The third kappa shape index (κ3) is 7.32. The van der Waals surface area contributed by atoms with Crippen LogP contribution >= 0.6 is 35.9 Å². The number of hydrogen-bond donors (Lipinski definition) is 1. The molecule has 0 radical (unpaired) electrons. The lowest BCUT2D eigenvalue weighted by Crippen LogP contribution is -2.43. The first-order chi connectivity index (χ1) is 10.7. The van der Waals surface area contributed by atoms with Crippen molar-refractivity contribution in [3.05, 3.63) is 71.8 Å². The van der Waals surface area contributed by atoms with Crippen molar-refractivity contribution >= 4 is 35.9 Å². The molecule has 23 heavy (non-hydrogen) atoms. The van der Waals surface area contributed by atoms with Crippen molar-refractivity contribution < 1.29 is 0 Å². The van der Waals surface area contributed by atoms with E-state index in [2.05, 4.69) is 30.3 Å². The summed E-state index contributed by atoms with van der Waals surface area (Å²) in [6.45, 7) is 0. The number of nitrogens with zero attached hydrogens (tertiary/aromatic N) is 1. The summed E-state index contributed by atoms with van der Waals surface area (Å²) in [6, 6.07) is 22.8. The molecule has 2 N–H and O–H groups in total. The Morgan fingerprint density at radius 2 is 1.22 bits per heavy atom. The largest absolute Gasteiger partial charge is 0.312 e. The van der Waals surface area contributed by atoms with Gasteiger partial charge in [0.2, 0.25) is 0 Å². The molecular formula is C18H21ClN2S2. The van der Waals surface area contributed by atoms with Gasteiger partial charge in [-0.2, -0.15) is 28.8 Å². The Hall–Kier alpha value is -1.12. The van der Waals surface area contributed by atoms with E-state index in [0.717, 1.165) is 11.5 Å². The normalized spacial score (nSPS) is 10.6. The summed E-state index contributed by atoms with van der Waals surface area (Å²) in [7, 11) is 0. The topological polar surface area (TPSA) is 49.8 Å². The molecule has 0 aromatic heterocycles. The first-order valence-corrected chi connectivity index (χ1v) is 9.46.